The van der Waals surface area contributed by atoms with Crippen LogP contribution in [0.3, 0.4) is 0 Å². The molecule has 0 atom stereocenters. The Labute approximate surface area is 137 Å². The van der Waals surface area contributed by atoms with Crippen molar-refractivity contribution in [1.29, 1.82) is 0 Å². The number of aliphatic imine (C=N–C) groups is 1. The second kappa shape index (κ2) is 7.88. The predicted molar refractivity (Wildman–Crippen MR) is 97.0 cm³/mol. The average Bonchev–Trinajstić information content (AvgIpc) is 2.56. The number of aryl methyl sites for hydroxylation is 1. The van der Waals surface area contributed by atoms with Gasteiger partial charge in [-0.05, 0) is 42.9 Å². The van der Waals surface area contributed by atoms with Gasteiger partial charge in [-0.2, -0.15) is 11.8 Å². The smallest absolute Gasteiger partial charge is 0.193 e. The number of nitrogens with zero attached hydrogens (tertiary/aromatic N) is 2. The van der Waals surface area contributed by atoms with E-state index in [4.69, 9.17) is 5.73 Å². The molecule has 1 aromatic rings. The fraction of sp³-hybridized carbons (Fsp3) is 0.588. The maximum atomic E-state index is 6.07. The standard InChI is InChI=1S/C17H26N4S/c18-17(19-8-9-21-10-12-22-13-11-21)20-16-7-3-5-14-4-1-2-6-15(14)16/h3,5,7H,1-2,4,6,8-13H2,(H3,18,19,20). The van der Waals surface area contributed by atoms with Gasteiger partial charge in [-0.15, -0.1) is 0 Å². The minimum Gasteiger partial charge on any atom is -0.370 e. The van der Waals surface area contributed by atoms with Crippen LogP contribution < -0.4 is 11.1 Å². The van der Waals surface area contributed by atoms with Crippen LogP contribution in [0.25, 0.3) is 0 Å². The van der Waals surface area contributed by atoms with Crippen molar-refractivity contribution in [2.45, 2.75) is 25.7 Å². The predicted octanol–water partition coefficient (Wildman–Crippen LogP) is 2.34. The van der Waals surface area contributed by atoms with Crippen molar-refractivity contribution in [3.63, 3.8) is 0 Å². The van der Waals surface area contributed by atoms with Crippen molar-refractivity contribution in [2.75, 3.05) is 43.0 Å². The fourth-order valence-corrected chi connectivity index (χ4v) is 4.19. The third-order valence-electron chi connectivity index (χ3n) is 4.46. The number of hydrogen-bond acceptors (Lipinski definition) is 3. The quantitative estimate of drug-likeness (QED) is 0.661. The van der Waals surface area contributed by atoms with Crippen molar-refractivity contribution < 1.29 is 0 Å². The van der Waals surface area contributed by atoms with E-state index in [9.17, 15) is 0 Å². The molecule has 0 spiro atoms. The molecule has 0 unspecified atom stereocenters. The summed E-state index contributed by atoms with van der Waals surface area (Å²) in [5, 5.41) is 3.31. The van der Waals surface area contributed by atoms with Crippen LogP contribution in [0.2, 0.25) is 0 Å². The van der Waals surface area contributed by atoms with E-state index in [1.54, 1.807) is 0 Å². The molecule has 0 bridgehead atoms. The SMILES string of the molecule is NC(=NCCN1CCSCC1)Nc1cccc2c1CCCC2. The molecule has 22 heavy (non-hydrogen) atoms. The number of thioether (sulfide) groups is 1. The molecule has 4 nitrogen and oxygen atoms in total. The highest BCUT2D eigenvalue weighted by molar-refractivity contribution is 7.99. The summed E-state index contributed by atoms with van der Waals surface area (Å²) in [6.45, 7) is 4.15. The minimum atomic E-state index is 0.547. The first-order valence-electron chi connectivity index (χ1n) is 8.31. The zero-order chi connectivity index (χ0) is 15.2. The zero-order valence-corrected chi connectivity index (χ0v) is 14.0. The Kier molecular flexibility index (Phi) is 5.62. The summed E-state index contributed by atoms with van der Waals surface area (Å²) in [6, 6.07) is 6.47. The number of rotatable bonds is 4. The van der Waals surface area contributed by atoms with E-state index in [1.165, 1.54) is 55.0 Å². The summed E-state index contributed by atoms with van der Waals surface area (Å²) < 4.78 is 0. The van der Waals surface area contributed by atoms with E-state index in [0.29, 0.717) is 5.96 Å². The lowest BCUT2D eigenvalue weighted by molar-refractivity contribution is 0.311. The molecule has 5 heteroatoms. The van der Waals surface area contributed by atoms with Crippen molar-refractivity contribution in [3.8, 4) is 0 Å². The lowest BCUT2D eigenvalue weighted by atomic mass is 9.90. The van der Waals surface area contributed by atoms with Crippen LogP contribution >= 0.6 is 11.8 Å². The molecule has 2 aliphatic rings. The molecule has 0 amide bonds. The molecule has 1 aliphatic heterocycles. The molecule has 120 valence electrons. The molecule has 3 rings (SSSR count). The first kappa shape index (κ1) is 15.7. The summed E-state index contributed by atoms with van der Waals surface area (Å²) in [4.78, 5) is 6.97. The molecule has 1 aliphatic carbocycles. The number of hydrogen-bond donors (Lipinski definition) is 2. The van der Waals surface area contributed by atoms with Gasteiger partial charge >= 0.3 is 0 Å². The highest BCUT2D eigenvalue weighted by Gasteiger charge is 2.13. The van der Waals surface area contributed by atoms with Crippen LogP contribution in [0.5, 0.6) is 0 Å². The van der Waals surface area contributed by atoms with Crippen LogP contribution in [0.15, 0.2) is 23.2 Å². The van der Waals surface area contributed by atoms with Gasteiger partial charge in [0.2, 0.25) is 0 Å². The van der Waals surface area contributed by atoms with Crippen LogP contribution in [0.1, 0.15) is 24.0 Å². The molecule has 0 saturated carbocycles. The first-order chi connectivity index (χ1) is 10.8. The van der Waals surface area contributed by atoms with E-state index in [2.05, 4.69) is 33.4 Å². The fourth-order valence-electron chi connectivity index (χ4n) is 3.21. The van der Waals surface area contributed by atoms with Crippen LogP contribution in [-0.4, -0.2) is 48.5 Å². The number of fused-ring (bicyclic) bond motifs is 1. The van der Waals surface area contributed by atoms with E-state index in [-0.39, 0.29) is 0 Å². The maximum absolute atomic E-state index is 6.07. The minimum absolute atomic E-state index is 0.547. The Morgan fingerprint density at radius 1 is 1.23 bits per heavy atom. The van der Waals surface area contributed by atoms with Crippen molar-refractivity contribution in [1.82, 2.24) is 4.90 Å². The third kappa shape index (κ3) is 4.17. The second-order valence-corrected chi connectivity index (χ2v) is 7.22. The van der Waals surface area contributed by atoms with Crippen molar-refractivity contribution >= 4 is 23.4 Å². The zero-order valence-electron chi connectivity index (χ0n) is 13.2. The monoisotopic (exact) mass is 318 g/mol. The molecule has 1 aromatic carbocycles. The molecule has 0 radical (unpaired) electrons. The number of benzene rings is 1. The largest absolute Gasteiger partial charge is 0.370 e. The van der Waals surface area contributed by atoms with Gasteiger partial charge in [0.15, 0.2) is 5.96 Å². The Morgan fingerprint density at radius 3 is 2.91 bits per heavy atom. The van der Waals surface area contributed by atoms with Crippen molar-refractivity contribution in [3.05, 3.63) is 29.3 Å². The molecule has 1 heterocycles. The van der Waals surface area contributed by atoms with Gasteiger partial charge in [0, 0.05) is 36.8 Å². The average molecular weight is 318 g/mol. The first-order valence-corrected chi connectivity index (χ1v) is 9.46. The highest BCUT2D eigenvalue weighted by Crippen LogP contribution is 2.27. The summed E-state index contributed by atoms with van der Waals surface area (Å²) in [5.74, 6) is 3.03. The number of guanidine groups is 1. The summed E-state index contributed by atoms with van der Waals surface area (Å²) in [5.41, 5.74) is 10.1. The topological polar surface area (TPSA) is 53.6 Å². The number of nitrogens with one attached hydrogen (secondary N) is 1. The normalized spacial score (nSPS) is 19.7. The molecule has 1 fully saturated rings. The Hall–Kier alpha value is -1.20. The second-order valence-electron chi connectivity index (χ2n) is 6.00. The lowest BCUT2D eigenvalue weighted by Gasteiger charge is -2.25. The summed E-state index contributed by atoms with van der Waals surface area (Å²) in [6.07, 6.45) is 4.91. The lowest BCUT2D eigenvalue weighted by Crippen LogP contribution is -2.35. The molecular weight excluding hydrogens is 292 g/mol. The third-order valence-corrected chi connectivity index (χ3v) is 5.40. The van der Waals surface area contributed by atoms with Crippen molar-refractivity contribution in [2.24, 2.45) is 10.7 Å². The van der Waals surface area contributed by atoms with Gasteiger partial charge in [-0.1, -0.05) is 12.1 Å². The van der Waals surface area contributed by atoms with Gasteiger partial charge in [0.1, 0.15) is 0 Å². The van der Waals surface area contributed by atoms with E-state index in [1.807, 2.05) is 11.8 Å². The summed E-state index contributed by atoms with van der Waals surface area (Å²) >= 11 is 2.04. The van der Waals surface area contributed by atoms with E-state index in [0.717, 1.165) is 25.2 Å². The summed E-state index contributed by atoms with van der Waals surface area (Å²) in [7, 11) is 0. The molecule has 3 N–H and O–H groups in total. The molecule has 0 aromatic heterocycles. The van der Waals surface area contributed by atoms with E-state index < -0.39 is 0 Å². The molecule has 1 saturated heterocycles. The van der Waals surface area contributed by atoms with Gasteiger partial charge in [0.25, 0.3) is 0 Å². The number of anilines is 1. The van der Waals surface area contributed by atoms with Gasteiger partial charge < -0.3 is 11.1 Å². The Morgan fingerprint density at radius 2 is 2.05 bits per heavy atom. The van der Waals surface area contributed by atoms with E-state index >= 15 is 0 Å². The maximum Gasteiger partial charge on any atom is 0.193 e. The Bertz CT molecular complexity index is 523. The van der Waals surface area contributed by atoms with Gasteiger partial charge in [0.05, 0.1) is 6.54 Å². The number of nitrogens with two attached hydrogens (primary N) is 1. The van der Waals surface area contributed by atoms with Gasteiger partial charge in [-0.3, -0.25) is 9.89 Å². The van der Waals surface area contributed by atoms with Crippen LogP contribution in [-0.2, 0) is 12.8 Å². The highest BCUT2D eigenvalue weighted by atomic mass is 32.2. The van der Waals surface area contributed by atoms with Crippen LogP contribution in [0, 0.1) is 0 Å². The van der Waals surface area contributed by atoms with Crippen LogP contribution in [0.4, 0.5) is 5.69 Å². The van der Waals surface area contributed by atoms with Gasteiger partial charge in [-0.25, -0.2) is 0 Å². The Balaban J connectivity index is 1.54. The molecular formula is C17H26N4S.